The Bertz CT molecular complexity index is 1130. The van der Waals surface area contributed by atoms with E-state index in [1.165, 1.54) is 0 Å². The van der Waals surface area contributed by atoms with Gasteiger partial charge < -0.3 is 9.84 Å². The van der Waals surface area contributed by atoms with Crippen LogP contribution in [0.25, 0.3) is 22.2 Å². The van der Waals surface area contributed by atoms with E-state index in [-0.39, 0.29) is 5.56 Å². The van der Waals surface area contributed by atoms with Crippen molar-refractivity contribution in [2.45, 2.75) is 0 Å². The molecule has 0 aliphatic heterocycles. The monoisotopic (exact) mass is 385 g/mol. The van der Waals surface area contributed by atoms with Gasteiger partial charge in [-0.15, -0.1) is 0 Å². The van der Waals surface area contributed by atoms with Crippen LogP contribution in [0.5, 0.6) is 5.75 Å². The Morgan fingerprint density at radius 1 is 0.931 bits per heavy atom. The van der Waals surface area contributed by atoms with Crippen LogP contribution < -0.4 is 4.74 Å². The minimum Gasteiger partial charge on any atom is -0.497 e. The molecular weight excluding hydrogens is 366 g/mol. The minimum absolute atomic E-state index is 0.220. The number of carboxylic acids is 1. The lowest BCUT2D eigenvalue weighted by molar-refractivity contribution is 0.0699. The highest BCUT2D eigenvalue weighted by atomic mass is 16.5. The SMILES string of the molecule is COc1ccc2nc(-c3ccccc3)cc(C(=O)O)c2c1.O=Cc1ccccc1. The van der Waals surface area contributed by atoms with Crippen LogP contribution in [-0.4, -0.2) is 29.5 Å². The second-order valence-electron chi connectivity index (χ2n) is 6.14. The summed E-state index contributed by atoms with van der Waals surface area (Å²) in [5.74, 6) is -0.368. The number of benzene rings is 3. The van der Waals surface area contributed by atoms with Gasteiger partial charge in [0.05, 0.1) is 23.9 Å². The lowest BCUT2D eigenvalue weighted by Gasteiger charge is -2.08. The number of hydrogen-bond donors (Lipinski definition) is 1. The molecule has 1 aromatic heterocycles. The first-order valence-electron chi connectivity index (χ1n) is 8.90. The molecule has 0 amide bonds. The van der Waals surface area contributed by atoms with E-state index in [0.717, 1.165) is 17.4 Å². The Morgan fingerprint density at radius 3 is 2.14 bits per heavy atom. The van der Waals surface area contributed by atoms with Gasteiger partial charge in [0.25, 0.3) is 0 Å². The third kappa shape index (κ3) is 4.84. The zero-order valence-electron chi connectivity index (χ0n) is 15.8. The van der Waals surface area contributed by atoms with Gasteiger partial charge in [-0.2, -0.15) is 0 Å². The molecule has 0 unspecified atom stereocenters. The third-order valence-electron chi connectivity index (χ3n) is 4.25. The van der Waals surface area contributed by atoms with E-state index >= 15 is 0 Å². The van der Waals surface area contributed by atoms with Gasteiger partial charge in [-0.05, 0) is 24.3 Å². The van der Waals surface area contributed by atoms with Gasteiger partial charge >= 0.3 is 5.97 Å². The molecule has 1 heterocycles. The largest absolute Gasteiger partial charge is 0.497 e. The highest BCUT2D eigenvalue weighted by molar-refractivity contribution is 6.04. The molecule has 0 fully saturated rings. The zero-order valence-corrected chi connectivity index (χ0v) is 15.8. The first kappa shape index (κ1) is 19.8. The fourth-order valence-electron chi connectivity index (χ4n) is 2.80. The van der Waals surface area contributed by atoms with Crippen molar-refractivity contribution >= 4 is 23.2 Å². The van der Waals surface area contributed by atoms with Crippen LogP contribution in [0.15, 0.2) is 84.9 Å². The number of fused-ring (bicyclic) bond motifs is 1. The normalized spacial score (nSPS) is 9.97. The average molecular weight is 385 g/mol. The number of nitrogens with zero attached hydrogens (tertiary/aromatic N) is 1. The minimum atomic E-state index is -0.979. The molecule has 0 radical (unpaired) electrons. The molecule has 0 atom stereocenters. The number of carboxylic acid groups (broad SMARTS) is 1. The maximum Gasteiger partial charge on any atom is 0.336 e. The van der Waals surface area contributed by atoms with Gasteiger partial charge in [-0.3, -0.25) is 4.79 Å². The van der Waals surface area contributed by atoms with Crippen LogP contribution in [-0.2, 0) is 0 Å². The number of methoxy groups -OCH3 is 1. The Balaban J connectivity index is 0.000000252. The molecule has 3 aromatic carbocycles. The van der Waals surface area contributed by atoms with E-state index in [1.54, 1.807) is 43.5 Å². The fraction of sp³-hybridized carbons (Fsp3) is 0.0417. The Kier molecular flexibility index (Phi) is 6.32. The first-order chi connectivity index (χ1) is 14.1. The van der Waals surface area contributed by atoms with Gasteiger partial charge in [-0.25, -0.2) is 9.78 Å². The van der Waals surface area contributed by atoms with Crippen molar-refractivity contribution in [3.63, 3.8) is 0 Å². The predicted molar refractivity (Wildman–Crippen MR) is 113 cm³/mol. The van der Waals surface area contributed by atoms with Gasteiger partial charge in [-0.1, -0.05) is 60.7 Å². The van der Waals surface area contributed by atoms with Crippen molar-refractivity contribution in [3.05, 3.63) is 96.1 Å². The van der Waals surface area contributed by atoms with E-state index in [9.17, 15) is 14.7 Å². The standard InChI is InChI=1S/C17H13NO3.C7H6O/c1-21-12-7-8-15-13(9-12)14(17(19)20)10-16(18-15)11-5-3-2-4-6-11;8-6-7-4-2-1-3-5-7/h2-10H,1H3,(H,19,20);1-6H. The Hall–Kier alpha value is -3.99. The summed E-state index contributed by atoms with van der Waals surface area (Å²) in [5, 5.41) is 10.0. The quantitative estimate of drug-likeness (QED) is 0.494. The van der Waals surface area contributed by atoms with Gasteiger partial charge in [0.15, 0.2) is 0 Å². The smallest absolute Gasteiger partial charge is 0.336 e. The maximum absolute atomic E-state index is 11.5. The molecule has 5 heteroatoms. The van der Waals surface area contributed by atoms with Crippen molar-refractivity contribution in [1.82, 2.24) is 4.98 Å². The van der Waals surface area contributed by atoms with Crippen molar-refractivity contribution in [2.75, 3.05) is 7.11 Å². The molecular formula is C24H19NO4. The molecule has 4 aromatic rings. The van der Waals surface area contributed by atoms with E-state index in [4.69, 9.17) is 4.74 Å². The molecule has 0 saturated heterocycles. The topological polar surface area (TPSA) is 76.5 Å². The third-order valence-corrected chi connectivity index (χ3v) is 4.25. The molecule has 0 aliphatic rings. The molecule has 0 spiro atoms. The molecule has 1 N–H and O–H groups in total. The van der Waals surface area contributed by atoms with Gasteiger partial charge in [0, 0.05) is 16.5 Å². The second-order valence-corrected chi connectivity index (χ2v) is 6.14. The van der Waals surface area contributed by atoms with Crippen LogP contribution >= 0.6 is 0 Å². The Morgan fingerprint density at radius 2 is 1.59 bits per heavy atom. The summed E-state index contributed by atoms with van der Waals surface area (Å²) in [6.07, 6.45) is 0.833. The van der Waals surface area contributed by atoms with Crippen LogP contribution in [0, 0.1) is 0 Å². The van der Waals surface area contributed by atoms with Crippen LogP contribution in [0.3, 0.4) is 0 Å². The van der Waals surface area contributed by atoms with Crippen molar-refractivity contribution in [3.8, 4) is 17.0 Å². The average Bonchev–Trinajstić information content (AvgIpc) is 2.79. The number of aromatic nitrogens is 1. The first-order valence-corrected chi connectivity index (χ1v) is 8.90. The fourth-order valence-corrected chi connectivity index (χ4v) is 2.80. The lowest BCUT2D eigenvalue weighted by atomic mass is 10.0. The summed E-state index contributed by atoms with van der Waals surface area (Å²) in [4.78, 5) is 26.1. The van der Waals surface area contributed by atoms with Crippen molar-refractivity contribution < 1.29 is 19.4 Å². The number of hydrogen-bond acceptors (Lipinski definition) is 4. The number of pyridine rings is 1. The summed E-state index contributed by atoms with van der Waals surface area (Å²) in [7, 11) is 1.55. The molecule has 0 bridgehead atoms. The molecule has 4 rings (SSSR count). The number of aromatic carboxylic acids is 1. The number of rotatable bonds is 4. The van der Waals surface area contributed by atoms with Crippen LogP contribution in [0.1, 0.15) is 20.7 Å². The highest BCUT2D eigenvalue weighted by Crippen LogP contribution is 2.27. The summed E-state index contributed by atoms with van der Waals surface area (Å²) in [6.45, 7) is 0. The summed E-state index contributed by atoms with van der Waals surface area (Å²) in [5.41, 5.74) is 3.11. The predicted octanol–water partition coefficient (Wildman–Crippen LogP) is 5.11. The molecule has 29 heavy (non-hydrogen) atoms. The van der Waals surface area contributed by atoms with E-state index in [0.29, 0.717) is 22.3 Å². The number of carbonyl (C=O) groups excluding carboxylic acids is 1. The van der Waals surface area contributed by atoms with Crippen molar-refractivity contribution in [1.29, 1.82) is 0 Å². The van der Waals surface area contributed by atoms with Crippen LogP contribution in [0.2, 0.25) is 0 Å². The number of ether oxygens (including phenoxy) is 1. The van der Waals surface area contributed by atoms with Gasteiger partial charge in [0.1, 0.15) is 12.0 Å². The highest BCUT2D eigenvalue weighted by Gasteiger charge is 2.13. The summed E-state index contributed by atoms with van der Waals surface area (Å²) >= 11 is 0. The number of carbonyl (C=O) groups is 2. The van der Waals surface area contributed by atoms with E-state index in [1.807, 2.05) is 48.5 Å². The summed E-state index contributed by atoms with van der Waals surface area (Å²) < 4.78 is 5.15. The van der Waals surface area contributed by atoms with Crippen LogP contribution in [0.4, 0.5) is 0 Å². The molecule has 0 aliphatic carbocycles. The molecule has 5 nitrogen and oxygen atoms in total. The number of aldehydes is 1. The Labute approximate surface area is 168 Å². The van der Waals surface area contributed by atoms with E-state index < -0.39 is 5.97 Å². The molecule has 144 valence electrons. The second kappa shape index (κ2) is 9.28. The lowest BCUT2D eigenvalue weighted by Crippen LogP contribution is -2.00. The van der Waals surface area contributed by atoms with Gasteiger partial charge in [0.2, 0.25) is 0 Å². The van der Waals surface area contributed by atoms with Crippen molar-refractivity contribution in [2.24, 2.45) is 0 Å². The maximum atomic E-state index is 11.5. The molecule has 0 saturated carbocycles. The summed E-state index contributed by atoms with van der Waals surface area (Å²) in [6, 6.07) is 25.5. The van der Waals surface area contributed by atoms with E-state index in [2.05, 4.69) is 4.98 Å². The zero-order chi connectivity index (χ0) is 20.6.